The van der Waals surface area contributed by atoms with Gasteiger partial charge in [-0.15, -0.1) is 0 Å². The minimum absolute atomic E-state index is 0.119. The molecule has 0 radical (unpaired) electrons. The van der Waals surface area contributed by atoms with Crippen LogP contribution >= 0.6 is 0 Å². The van der Waals surface area contributed by atoms with E-state index in [2.05, 4.69) is 16.0 Å². The monoisotopic (exact) mass is 396 g/mol. The van der Waals surface area contributed by atoms with Gasteiger partial charge in [0.2, 0.25) is 11.8 Å². The van der Waals surface area contributed by atoms with Crippen molar-refractivity contribution in [1.82, 2.24) is 15.5 Å². The summed E-state index contributed by atoms with van der Waals surface area (Å²) in [5.41, 5.74) is 1.67. The lowest BCUT2D eigenvalue weighted by molar-refractivity contribution is -0.136. The van der Waals surface area contributed by atoms with Crippen LogP contribution in [0.2, 0.25) is 0 Å². The summed E-state index contributed by atoms with van der Waals surface area (Å²) in [6.45, 7) is 1.83. The zero-order valence-electron chi connectivity index (χ0n) is 16.1. The van der Waals surface area contributed by atoms with Crippen LogP contribution in [-0.2, 0) is 9.59 Å². The second-order valence-electron chi connectivity index (χ2n) is 8.72. The summed E-state index contributed by atoms with van der Waals surface area (Å²) in [6, 6.07) is 4.91. The van der Waals surface area contributed by atoms with Gasteiger partial charge < -0.3 is 10.6 Å². The second kappa shape index (κ2) is 6.66. The summed E-state index contributed by atoms with van der Waals surface area (Å²) in [5.74, 6) is -1.91. The van der Waals surface area contributed by atoms with Crippen LogP contribution < -0.4 is 16.0 Å². The van der Waals surface area contributed by atoms with Crippen molar-refractivity contribution >= 4 is 29.3 Å². The number of nitrogens with one attached hydrogen (secondary N) is 3. The standard InChI is InChI=1S/C21H24N4O4/c26-17-4-3-16(18(27)24-17)25-19(28)14-2-1-13(9-15(14)20(25)29)23-11-21-7-5-12(6-8-21)22-10-21/h1-2,9,12,16,22-23H,3-8,10-11H2,(H,24,26,27). The van der Waals surface area contributed by atoms with E-state index in [4.69, 9.17) is 0 Å². The molecule has 3 saturated heterocycles. The molecule has 1 saturated carbocycles. The Morgan fingerprint density at radius 2 is 1.79 bits per heavy atom. The summed E-state index contributed by atoms with van der Waals surface area (Å²) >= 11 is 0. The smallest absolute Gasteiger partial charge is 0.262 e. The second-order valence-corrected chi connectivity index (χ2v) is 8.72. The molecule has 1 aromatic rings. The van der Waals surface area contributed by atoms with Crippen molar-refractivity contribution in [2.24, 2.45) is 5.41 Å². The number of amides is 4. The van der Waals surface area contributed by atoms with E-state index in [1.807, 2.05) is 6.07 Å². The van der Waals surface area contributed by atoms with Crippen LogP contribution in [0, 0.1) is 5.41 Å². The first-order valence-corrected chi connectivity index (χ1v) is 10.3. The molecule has 4 amide bonds. The number of anilines is 1. The number of imide groups is 2. The summed E-state index contributed by atoms with van der Waals surface area (Å²) in [5, 5.41) is 9.27. The lowest BCUT2D eigenvalue weighted by atomic mass is 9.68. The van der Waals surface area contributed by atoms with Gasteiger partial charge in [0.15, 0.2) is 0 Å². The number of carbonyl (C=O) groups is 4. The van der Waals surface area contributed by atoms with Crippen LogP contribution in [0.1, 0.15) is 59.2 Å². The molecular weight excluding hydrogens is 372 g/mol. The number of nitrogens with zero attached hydrogens (tertiary/aromatic N) is 1. The van der Waals surface area contributed by atoms with Gasteiger partial charge >= 0.3 is 0 Å². The predicted molar refractivity (Wildman–Crippen MR) is 104 cm³/mol. The van der Waals surface area contributed by atoms with Crippen molar-refractivity contribution in [2.45, 2.75) is 50.6 Å². The molecular formula is C21H24N4O4. The summed E-state index contributed by atoms with van der Waals surface area (Å²) in [6.07, 6.45) is 5.09. The zero-order valence-corrected chi connectivity index (χ0v) is 16.1. The topological polar surface area (TPSA) is 108 Å². The summed E-state index contributed by atoms with van der Waals surface area (Å²) < 4.78 is 0. The maximum Gasteiger partial charge on any atom is 0.262 e. The molecule has 8 nitrogen and oxygen atoms in total. The Balaban J connectivity index is 1.33. The van der Waals surface area contributed by atoms with Gasteiger partial charge in [-0.25, -0.2) is 0 Å². The van der Waals surface area contributed by atoms with E-state index in [0.29, 0.717) is 17.2 Å². The maximum absolute atomic E-state index is 12.9. The Bertz CT molecular complexity index is 905. The number of fused-ring (bicyclic) bond motifs is 4. The molecule has 1 aliphatic carbocycles. The van der Waals surface area contributed by atoms with Gasteiger partial charge in [-0.2, -0.15) is 0 Å². The fourth-order valence-electron chi connectivity index (χ4n) is 5.08. The highest BCUT2D eigenvalue weighted by molar-refractivity contribution is 6.23. The van der Waals surface area contributed by atoms with Gasteiger partial charge in [-0.1, -0.05) is 0 Å². The number of hydrogen-bond acceptors (Lipinski definition) is 6. The van der Waals surface area contributed by atoms with Gasteiger partial charge in [-0.05, 0) is 50.3 Å². The van der Waals surface area contributed by atoms with Crippen molar-refractivity contribution in [3.63, 3.8) is 0 Å². The van der Waals surface area contributed by atoms with E-state index in [1.165, 1.54) is 25.7 Å². The Labute approximate surface area is 168 Å². The van der Waals surface area contributed by atoms with Gasteiger partial charge in [0, 0.05) is 36.7 Å². The van der Waals surface area contributed by atoms with Crippen molar-refractivity contribution in [2.75, 3.05) is 18.4 Å². The first kappa shape index (κ1) is 18.3. The molecule has 5 aliphatic rings. The molecule has 4 fully saturated rings. The first-order valence-electron chi connectivity index (χ1n) is 10.3. The third-order valence-corrected chi connectivity index (χ3v) is 6.92. The predicted octanol–water partition coefficient (Wildman–Crippen LogP) is 1.03. The number of hydrogen-bond donors (Lipinski definition) is 3. The minimum atomic E-state index is -0.932. The molecule has 0 aromatic heterocycles. The zero-order chi connectivity index (χ0) is 20.2. The van der Waals surface area contributed by atoms with Crippen molar-refractivity contribution in [1.29, 1.82) is 0 Å². The molecule has 4 aliphatic heterocycles. The quantitative estimate of drug-likeness (QED) is 0.656. The van der Waals surface area contributed by atoms with Crippen LogP contribution in [0.15, 0.2) is 18.2 Å². The molecule has 1 atom stereocenters. The molecule has 1 unspecified atom stereocenters. The Morgan fingerprint density at radius 3 is 2.48 bits per heavy atom. The first-order chi connectivity index (χ1) is 14.0. The van der Waals surface area contributed by atoms with E-state index in [0.717, 1.165) is 23.7 Å². The van der Waals surface area contributed by atoms with Crippen molar-refractivity contribution in [3.8, 4) is 0 Å². The van der Waals surface area contributed by atoms with Crippen LogP contribution in [0.25, 0.3) is 0 Å². The van der Waals surface area contributed by atoms with Crippen LogP contribution in [-0.4, -0.2) is 53.7 Å². The molecule has 6 rings (SSSR count). The van der Waals surface area contributed by atoms with Gasteiger partial charge in [-0.3, -0.25) is 29.4 Å². The number of benzene rings is 1. The van der Waals surface area contributed by atoms with E-state index in [1.54, 1.807) is 12.1 Å². The van der Waals surface area contributed by atoms with E-state index < -0.39 is 23.8 Å². The Kier molecular flexibility index (Phi) is 4.20. The van der Waals surface area contributed by atoms with Crippen molar-refractivity contribution in [3.05, 3.63) is 29.3 Å². The number of rotatable bonds is 4. The van der Waals surface area contributed by atoms with Gasteiger partial charge in [0.05, 0.1) is 11.1 Å². The van der Waals surface area contributed by atoms with Gasteiger partial charge in [0.1, 0.15) is 6.04 Å². The largest absolute Gasteiger partial charge is 0.384 e. The lowest BCUT2D eigenvalue weighted by Crippen LogP contribution is -2.54. The van der Waals surface area contributed by atoms with Crippen LogP contribution in [0.4, 0.5) is 5.69 Å². The van der Waals surface area contributed by atoms with Crippen LogP contribution in [0.5, 0.6) is 0 Å². The Morgan fingerprint density at radius 1 is 1.03 bits per heavy atom. The molecule has 1 aromatic carbocycles. The summed E-state index contributed by atoms with van der Waals surface area (Å²) in [4.78, 5) is 50.2. The van der Waals surface area contributed by atoms with E-state index in [-0.39, 0.29) is 24.2 Å². The molecule has 4 heterocycles. The minimum Gasteiger partial charge on any atom is -0.384 e. The molecule has 2 bridgehead atoms. The molecule has 3 N–H and O–H groups in total. The molecule has 152 valence electrons. The van der Waals surface area contributed by atoms with Crippen LogP contribution in [0.3, 0.4) is 0 Å². The molecule has 8 heteroatoms. The lowest BCUT2D eigenvalue weighted by Gasteiger charge is -2.47. The highest BCUT2D eigenvalue weighted by Gasteiger charge is 2.45. The van der Waals surface area contributed by atoms with Gasteiger partial charge in [0.25, 0.3) is 11.8 Å². The number of carbonyl (C=O) groups excluding carboxylic acids is 4. The SMILES string of the molecule is O=C1CCC(N2C(=O)c3ccc(NCC45CCC(CC4)NC5)cc3C2=O)C(=O)N1. The summed E-state index contributed by atoms with van der Waals surface area (Å²) in [7, 11) is 0. The van der Waals surface area contributed by atoms with E-state index >= 15 is 0 Å². The fraction of sp³-hybridized carbons (Fsp3) is 0.524. The highest BCUT2D eigenvalue weighted by atomic mass is 16.2. The number of piperidine rings is 3. The normalized spacial score (nSPS) is 31.1. The Hall–Kier alpha value is -2.74. The average Bonchev–Trinajstić information content (AvgIpc) is 2.98. The van der Waals surface area contributed by atoms with E-state index in [9.17, 15) is 19.2 Å². The molecule has 0 spiro atoms. The third kappa shape index (κ3) is 3.02. The average molecular weight is 396 g/mol. The highest BCUT2D eigenvalue weighted by Crippen LogP contribution is 2.40. The van der Waals surface area contributed by atoms with Crippen molar-refractivity contribution < 1.29 is 19.2 Å². The third-order valence-electron chi connectivity index (χ3n) is 6.92. The fourth-order valence-corrected chi connectivity index (χ4v) is 5.08. The molecule has 29 heavy (non-hydrogen) atoms. The maximum atomic E-state index is 12.9.